The maximum absolute atomic E-state index is 12.4. The van der Waals surface area contributed by atoms with Gasteiger partial charge in [-0.05, 0) is 33.4 Å². The smallest absolute Gasteiger partial charge is 0.410 e. The monoisotopic (exact) mass is 384 g/mol. The van der Waals surface area contributed by atoms with Crippen LogP contribution in [0.1, 0.15) is 37.6 Å². The van der Waals surface area contributed by atoms with E-state index < -0.39 is 5.60 Å². The fraction of sp³-hybridized carbons (Fsp3) is 0.625. The summed E-state index contributed by atoms with van der Waals surface area (Å²) in [6.07, 6.45) is 3.19. The van der Waals surface area contributed by atoms with Crippen molar-refractivity contribution < 1.29 is 14.3 Å². The van der Waals surface area contributed by atoms with Crippen LogP contribution < -0.4 is 4.90 Å². The summed E-state index contributed by atoms with van der Waals surface area (Å²) in [7, 11) is 0. The second-order valence-corrected chi connectivity index (χ2v) is 8.32. The Balaban J connectivity index is 1.78. The zero-order valence-corrected chi connectivity index (χ0v) is 16.2. The van der Waals surface area contributed by atoms with Crippen LogP contribution in [-0.2, 0) is 4.74 Å². The summed E-state index contributed by atoms with van der Waals surface area (Å²) in [6.45, 7) is 6.76. The highest BCUT2D eigenvalue weighted by Crippen LogP contribution is 2.37. The number of ether oxygens (including phenoxy) is 1. The molecule has 0 aliphatic carbocycles. The number of anilines is 1. The zero-order valence-electron chi connectivity index (χ0n) is 14.7. The topological polar surface area (TPSA) is 75.6 Å². The molecule has 1 amide bonds. The molecule has 1 aromatic heterocycles. The van der Waals surface area contributed by atoms with E-state index in [2.05, 4.69) is 9.97 Å². The summed E-state index contributed by atoms with van der Waals surface area (Å²) >= 11 is 7.50. The van der Waals surface area contributed by atoms with Gasteiger partial charge in [0.05, 0.1) is 17.6 Å². The lowest BCUT2D eigenvalue weighted by molar-refractivity contribution is -0.0381. The number of rotatable bonds is 3. The first-order valence-corrected chi connectivity index (χ1v) is 9.66. The van der Waals surface area contributed by atoms with E-state index in [-0.39, 0.29) is 23.3 Å². The Kier molecular flexibility index (Phi) is 4.85. The molecular formula is C16H21ClN4O3S. The van der Waals surface area contributed by atoms with E-state index in [1.807, 2.05) is 31.9 Å². The molecule has 7 nitrogen and oxygen atoms in total. The second-order valence-electron chi connectivity index (χ2n) is 7.19. The zero-order chi connectivity index (χ0) is 18.4. The number of carbonyl (C=O) groups excluding carboxylic acids is 2. The number of aldehydes is 1. The predicted molar refractivity (Wildman–Crippen MR) is 96.7 cm³/mol. The summed E-state index contributed by atoms with van der Waals surface area (Å²) in [5, 5.41) is 0.682. The minimum atomic E-state index is -0.515. The summed E-state index contributed by atoms with van der Waals surface area (Å²) < 4.78 is 5.48. The molecule has 1 aromatic rings. The van der Waals surface area contributed by atoms with Crippen LogP contribution in [0.2, 0.25) is 5.15 Å². The van der Waals surface area contributed by atoms with Crippen LogP contribution in [0.5, 0.6) is 0 Å². The molecule has 9 heteroatoms. The predicted octanol–water partition coefficient (Wildman–Crippen LogP) is 2.86. The molecule has 0 N–H and O–H groups in total. The first-order chi connectivity index (χ1) is 11.7. The van der Waals surface area contributed by atoms with Crippen LogP contribution >= 0.6 is 23.4 Å². The number of piperazine rings is 1. The van der Waals surface area contributed by atoms with Crippen LogP contribution in [0.4, 0.5) is 10.6 Å². The van der Waals surface area contributed by atoms with Gasteiger partial charge in [0.15, 0.2) is 11.4 Å². The van der Waals surface area contributed by atoms with E-state index in [0.29, 0.717) is 35.9 Å². The molecule has 0 saturated carbocycles. The highest BCUT2D eigenvalue weighted by Gasteiger charge is 2.49. The largest absolute Gasteiger partial charge is 0.444 e. The Morgan fingerprint density at radius 2 is 1.96 bits per heavy atom. The van der Waals surface area contributed by atoms with Gasteiger partial charge in [0.2, 0.25) is 0 Å². The molecule has 3 aliphatic heterocycles. The lowest BCUT2D eigenvalue weighted by Gasteiger charge is -2.56. The molecule has 4 rings (SSSR count). The Morgan fingerprint density at radius 1 is 1.32 bits per heavy atom. The van der Waals surface area contributed by atoms with Crippen molar-refractivity contribution in [1.29, 1.82) is 0 Å². The summed E-state index contributed by atoms with van der Waals surface area (Å²) in [5.41, 5.74) is -0.219. The summed E-state index contributed by atoms with van der Waals surface area (Å²) in [6, 6.07) is 0.110. The molecule has 2 bridgehead atoms. The Labute approximate surface area is 156 Å². The van der Waals surface area contributed by atoms with Crippen molar-refractivity contribution in [1.82, 2.24) is 14.9 Å². The molecule has 0 aromatic carbocycles. The minimum absolute atomic E-state index is 0.0552. The summed E-state index contributed by atoms with van der Waals surface area (Å²) in [5.74, 6) is 0.540. The fourth-order valence-corrected chi connectivity index (χ4v) is 3.86. The average Bonchev–Trinajstić information content (AvgIpc) is 2.52. The third kappa shape index (κ3) is 3.55. The fourth-order valence-electron chi connectivity index (χ4n) is 3.24. The summed E-state index contributed by atoms with van der Waals surface area (Å²) in [4.78, 5) is 36.2. The van der Waals surface area contributed by atoms with E-state index in [0.717, 1.165) is 6.42 Å². The number of carbonyl (C=O) groups is 2. The highest BCUT2D eigenvalue weighted by atomic mass is 35.5. The van der Waals surface area contributed by atoms with Gasteiger partial charge in [0, 0.05) is 13.1 Å². The molecule has 0 radical (unpaired) electrons. The molecule has 25 heavy (non-hydrogen) atoms. The number of piperidine rings is 1. The molecular weight excluding hydrogens is 364 g/mol. The van der Waals surface area contributed by atoms with Gasteiger partial charge in [-0.2, -0.15) is 0 Å². The molecule has 3 saturated heterocycles. The highest BCUT2D eigenvalue weighted by molar-refractivity contribution is 7.98. The van der Waals surface area contributed by atoms with Crippen LogP contribution in [0, 0.1) is 0 Å². The number of fused-ring (bicyclic) bond motifs is 2. The number of thioether (sulfide) groups is 1. The first-order valence-electron chi connectivity index (χ1n) is 8.06. The van der Waals surface area contributed by atoms with Crippen molar-refractivity contribution in [3.8, 4) is 0 Å². The van der Waals surface area contributed by atoms with Crippen molar-refractivity contribution in [3.05, 3.63) is 10.7 Å². The van der Waals surface area contributed by atoms with E-state index >= 15 is 0 Å². The average molecular weight is 385 g/mol. The molecule has 0 spiro atoms. The second kappa shape index (κ2) is 6.64. The Morgan fingerprint density at radius 3 is 2.48 bits per heavy atom. The van der Waals surface area contributed by atoms with Crippen molar-refractivity contribution in [2.45, 2.75) is 50.0 Å². The third-order valence-corrected chi connectivity index (χ3v) is 5.09. The van der Waals surface area contributed by atoms with Crippen LogP contribution in [0.25, 0.3) is 0 Å². The van der Waals surface area contributed by atoms with Gasteiger partial charge in [-0.1, -0.05) is 23.4 Å². The Bertz CT molecular complexity index is 697. The minimum Gasteiger partial charge on any atom is -0.444 e. The molecule has 2 unspecified atom stereocenters. The molecule has 3 aliphatic rings. The third-order valence-electron chi connectivity index (χ3n) is 4.26. The number of nitrogens with zero attached hydrogens (tertiary/aromatic N) is 4. The van der Waals surface area contributed by atoms with E-state index in [9.17, 15) is 9.59 Å². The maximum atomic E-state index is 12.4. The van der Waals surface area contributed by atoms with Gasteiger partial charge in [0.25, 0.3) is 0 Å². The quantitative estimate of drug-likeness (QED) is 0.343. The van der Waals surface area contributed by atoms with Crippen LogP contribution in [0.15, 0.2) is 5.16 Å². The van der Waals surface area contributed by atoms with Crippen LogP contribution in [-0.4, -0.2) is 64.3 Å². The first kappa shape index (κ1) is 18.3. The molecule has 2 atom stereocenters. The SMILES string of the molecule is CSc1nc(Cl)c(C=O)c(N2CC3CC(C2)N3C(=O)OC(C)(C)C)n1. The van der Waals surface area contributed by atoms with Gasteiger partial charge in [-0.25, -0.2) is 14.8 Å². The molecule has 136 valence electrons. The van der Waals surface area contributed by atoms with Crippen molar-refractivity contribution in [2.24, 2.45) is 0 Å². The number of hydrogen-bond acceptors (Lipinski definition) is 7. The number of aromatic nitrogens is 2. The molecule has 3 fully saturated rings. The van der Waals surface area contributed by atoms with E-state index in [1.165, 1.54) is 11.8 Å². The van der Waals surface area contributed by atoms with Crippen LogP contribution in [0.3, 0.4) is 0 Å². The lowest BCUT2D eigenvalue weighted by atomic mass is 9.88. The maximum Gasteiger partial charge on any atom is 0.410 e. The Hall–Kier alpha value is -1.54. The van der Waals surface area contributed by atoms with Crippen molar-refractivity contribution in [3.63, 3.8) is 0 Å². The normalized spacial score (nSPS) is 22.4. The van der Waals surface area contributed by atoms with E-state index in [4.69, 9.17) is 16.3 Å². The van der Waals surface area contributed by atoms with Gasteiger partial charge in [0.1, 0.15) is 16.6 Å². The standard InChI is InChI=1S/C16H21ClN4O3S/c1-16(2,3)24-15(23)21-9-5-10(21)7-20(6-9)13-11(8-22)12(17)18-14(19-13)25-4/h8-10H,5-7H2,1-4H3. The van der Waals surface area contributed by atoms with Gasteiger partial charge in [-0.15, -0.1) is 0 Å². The number of hydrogen-bond donors (Lipinski definition) is 0. The van der Waals surface area contributed by atoms with Gasteiger partial charge in [-0.3, -0.25) is 9.69 Å². The van der Waals surface area contributed by atoms with Gasteiger partial charge >= 0.3 is 6.09 Å². The van der Waals surface area contributed by atoms with Gasteiger partial charge < -0.3 is 9.64 Å². The molecule has 4 heterocycles. The number of halogens is 1. The van der Waals surface area contributed by atoms with E-state index in [1.54, 1.807) is 4.90 Å². The van der Waals surface area contributed by atoms with Crippen molar-refractivity contribution >= 4 is 41.6 Å². The lowest BCUT2D eigenvalue weighted by Crippen LogP contribution is -2.70. The number of amides is 1. The van der Waals surface area contributed by atoms with Crippen molar-refractivity contribution in [2.75, 3.05) is 24.2 Å².